The van der Waals surface area contributed by atoms with E-state index in [1.165, 1.54) is 32.0 Å². The molecule has 1 fully saturated rings. The van der Waals surface area contributed by atoms with Crippen LogP contribution in [0.25, 0.3) is 11.0 Å². The molecule has 35 heavy (non-hydrogen) atoms. The van der Waals surface area contributed by atoms with Crippen molar-refractivity contribution in [2.24, 2.45) is 0 Å². The fraction of sp³-hybridized carbons (Fsp3) is 0.217. The molecule has 1 aliphatic heterocycles. The number of carbonyl (C=O) groups is 3. The lowest BCUT2D eigenvalue weighted by molar-refractivity contribution is -0.274. The van der Waals surface area contributed by atoms with Crippen LogP contribution in [-0.4, -0.2) is 29.1 Å². The summed E-state index contributed by atoms with van der Waals surface area (Å²) in [5.41, 5.74) is -1.17. The predicted molar refractivity (Wildman–Crippen MR) is 116 cm³/mol. The van der Waals surface area contributed by atoms with Gasteiger partial charge in [-0.05, 0) is 42.3 Å². The summed E-state index contributed by atoms with van der Waals surface area (Å²) in [5.74, 6) is -1.46. The molecule has 2 aromatic carbocycles. The second-order valence-corrected chi connectivity index (χ2v) is 8.00. The van der Waals surface area contributed by atoms with Gasteiger partial charge < -0.3 is 19.8 Å². The van der Waals surface area contributed by atoms with E-state index < -0.39 is 35.2 Å². The molecule has 1 unspecified atom stereocenters. The first kappa shape index (κ1) is 23.8. The number of alkyl halides is 3. The van der Waals surface area contributed by atoms with Gasteiger partial charge in [0.1, 0.15) is 16.9 Å². The van der Waals surface area contributed by atoms with E-state index in [9.17, 15) is 32.3 Å². The van der Waals surface area contributed by atoms with Crippen LogP contribution in [0, 0.1) is 0 Å². The number of imide groups is 1. The van der Waals surface area contributed by atoms with E-state index in [4.69, 9.17) is 4.42 Å². The fourth-order valence-corrected chi connectivity index (χ4v) is 3.84. The highest BCUT2D eigenvalue weighted by molar-refractivity contribution is 6.07. The van der Waals surface area contributed by atoms with Crippen molar-refractivity contribution >= 4 is 34.5 Å². The normalized spacial score (nSPS) is 18.0. The van der Waals surface area contributed by atoms with Gasteiger partial charge in [-0.25, -0.2) is 9.59 Å². The molecule has 1 atom stereocenters. The molecule has 0 radical (unpaired) electrons. The van der Waals surface area contributed by atoms with Crippen LogP contribution >= 0.6 is 0 Å². The Morgan fingerprint density at radius 3 is 2.43 bits per heavy atom. The Kier molecular flexibility index (Phi) is 5.75. The Bertz CT molecular complexity index is 1400. The zero-order valence-corrected chi connectivity index (χ0v) is 18.4. The molecular weight excluding hydrogens is 471 g/mol. The number of fused-ring (bicyclic) bond motifs is 1. The van der Waals surface area contributed by atoms with E-state index in [1.54, 1.807) is 12.1 Å². The third-order valence-corrected chi connectivity index (χ3v) is 5.42. The highest BCUT2D eigenvalue weighted by Gasteiger charge is 2.49. The molecule has 2 N–H and O–H groups in total. The molecule has 1 aromatic heterocycles. The predicted octanol–water partition coefficient (Wildman–Crippen LogP) is 3.62. The maximum absolute atomic E-state index is 13.2. The topological polar surface area (TPSA) is 118 Å². The van der Waals surface area contributed by atoms with Gasteiger partial charge in [0.15, 0.2) is 0 Å². The number of carbonyl (C=O) groups excluding carboxylic acids is 3. The number of amides is 4. The minimum Gasteiger partial charge on any atom is -0.423 e. The van der Waals surface area contributed by atoms with Crippen LogP contribution in [0.3, 0.4) is 0 Å². The Labute approximate surface area is 195 Å². The lowest BCUT2D eigenvalue weighted by Crippen LogP contribution is -2.40. The maximum atomic E-state index is 13.2. The van der Waals surface area contributed by atoms with Crippen molar-refractivity contribution in [1.29, 1.82) is 0 Å². The number of rotatable bonds is 5. The average Bonchev–Trinajstić information content (AvgIpc) is 2.96. The van der Waals surface area contributed by atoms with Gasteiger partial charge in [0, 0.05) is 30.1 Å². The summed E-state index contributed by atoms with van der Waals surface area (Å²) in [6.45, 7) is 2.48. The van der Waals surface area contributed by atoms with Gasteiger partial charge in [0.05, 0.1) is 6.54 Å². The summed E-state index contributed by atoms with van der Waals surface area (Å²) in [6, 6.07) is 9.59. The van der Waals surface area contributed by atoms with E-state index >= 15 is 0 Å². The zero-order valence-electron chi connectivity index (χ0n) is 18.4. The molecule has 0 bridgehead atoms. The number of nitrogens with one attached hydrogen (secondary N) is 2. The van der Waals surface area contributed by atoms with Gasteiger partial charge in [0.25, 0.3) is 5.91 Å². The smallest absolute Gasteiger partial charge is 0.423 e. The number of urea groups is 1. The molecule has 4 rings (SSSR count). The quantitative estimate of drug-likeness (QED) is 0.418. The SMILES string of the molecule is CC(=O)Nc1ccc2c(CN3C(=O)NC(C)(c4ccc(OC(F)(F)F)cc4)C3=O)cc(=O)oc2c1. The summed E-state index contributed by atoms with van der Waals surface area (Å²) >= 11 is 0. The molecular formula is C23H18F3N3O6. The summed E-state index contributed by atoms with van der Waals surface area (Å²) in [6.07, 6.45) is -4.87. The number of ether oxygens (including phenoxy) is 1. The van der Waals surface area contributed by atoms with E-state index in [2.05, 4.69) is 15.4 Å². The molecule has 182 valence electrons. The molecule has 12 heteroatoms. The third-order valence-electron chi connectivity index (χ3n) is 5.42. The van der Waals surface area contributed by atoms with Gasteiger partial charge >= 0.3 is 18.0 Å². The Hall–Kier alpha value is -4.35. The first-order valence-corrected chi connectivity index (χ1v) is 10.2. The second-order valence-electron chi connectivity index (χ2n) is 8.00. The van der Waals surface area contributed by atoms with E-state index in [-0.39, 0.29) is 23.6 Å². The van der Waals surface area contributed by atoms with Crippen molar-refractivity contribution in [3.63, 3.8) is 0 Å². The van der Waals surface area contributed by atoms with Crippen molar-refractivity contribution < 1.29 is 36.7 Å². The number of benzene rings is 2. The molecule has 1 aliphatic rings. The molecule has 1 saturated heterocycles. The Balaban J connectivity index is 1.62. The summed E-state index contributed by atoms with van der Waals surface area (Å²) < 4.78 is 46.3. The van der Waals surface area contributed by atoms with E-state index in [0.717, 1.165) is 23.1 Å². The lowest BCUT2D eigenvalue weighted by atomic mass is 9.92. The third kappa shape index (κ3) is 4.81. The number of halogens is 3. The van der Waals surface area contributed by atoms with Crippen molar-refractivity contribution in [3.05, 3.63) is 70.1 Å². The van der Waals surface area contributed by atoms with Crippen molar-refractivity contribution in [1.82, 2.24) is 10.2 Å². The van der Waals surface area contributed by atoms with Crippen LogP contribution in [0.4, 0.5) is 23.7 Å². The molecule has 4 amide bonds. The molecule has 9 nitrogen and oxygen atoms in total. The van der Waals surface area contributed by atoms with Crippen LogP contribution in [0.15, 0.2) is 57.7 Å². The molecule has 0 saturated carbocycles. The highest BCUT2D eigenvalue weighted by atomic mass is 19.4. The number of hydrogen-bond donors (Lipinski definition) is 2. The fourth-order valence-electron chi connectivity index (χ4n) is 3.84. The summed E-state index contributed by atoms with van der Waals surface area (Å²) in [4.78, 5) is 50.2. The minimum atomic E-state index is -4.87. The molecule has 0 spiro atoms. The van der Waals surface area contributed by atoms with Crippen molar-refractivity contribution in [2.75, 3.05) is 5.32 Å². The van der Waals surface area contributed by atoms with E-state index in [1.807, 2.05) is 0 Å². The van der Waals surface area contributed by atoms with Gasteiger partial charge in [-0.15, -0.1) is 13.2 Å². The highest BCUT2D eigenvalue weighted by Crippen LogP contribution is 2.33. The minimum absolute atomic E-state index is 0.147. The van der Waals surface area contributed by atoms with Crippen molar-refractivity contribution in [2.45, 2.75) is 32.3 Å². The zero-order chi connectivity index (χ0) is 25.5. The monoisotopic (exact) mass is 489 g/mol. The first-order chi connectivity index (χ1) is 16.4. The average molecular weight is 489 g/mol. The number of hydrogen-bond acceptors (Lipinski definition) is 6. The largest absolute Gasteiger partial charge is 0.573 e. The Morgan fingerprint density at radius 1 is 1.11 bits per heavy atom. The van der Waals surface area contributed by atoms with Crippen LogP contribution in [0.1, 0.15) is 25.0 Å². The van der Waals surface area contributed by atoms with Gasteiger partial charge in [-0.3, -0.25) is 14.5 Å². The lowest BCUT2D eigenvalue weighted by Gasteiger charge is -2.22. The first-order valence-electron chi connectivity index (χ1n) is 10.2. The number of nitrogens with zero attached hydrogens (tertiary/aromatic N) is 1. The van der Waals surface area contributed by atoms with E-state index in [0.29, 0.717) is 16.6 Å². The summed E-state index contributed by atoms with van der Waals surface area (Å²) in [7, 11) is 0. The van der Waals surface area contributed by atoms with Crippen LogP contribution in [0.2, 0.25) is 0 Å². The standard InChI is InChI=1S/C23H18F3N3O6/c1-12(30)27-15-5-8-17-13(9-19(31)34-18(17)10-15)11-29-20(32)22(2,28-21(29)33)14-3-6-16(7-4-14)35-23(24,25)26/h3-10H,11H2,1-2H3,(H,27,30)(H,28,33). The van der Waals surface area contributed by atoms with Gasteiger partial charge in [0.2, 0.25) is 5.91 Å². The Morgan fingerprint density at radius 2 is 1.80 bits per heavy atom. The second kappa shape index (κ2) is 8.46. The van der Waals surface area contributed by atoms with Gasteiger partial charge in [-0.1, -0.05) is 12.1 Å². The molecule has 0 aliphatic carbocycles. The molecule has 2 heterocycles. The number of anilines is 1. The van der Waals surface area contributed by atoms with Gasteiger partial charge in [-0.2, -0.15) is 0 Å². The maximum Gasteiger partial charge on any atom is 0.573 e. The molecule has 3 aromatic rings. The van der Waals surface area contributed by atoms with Crippen LogP contribution in [-0.2, 0) is 21.7 Å². The van der Waals surface area contributed by atoms with Crippen LogP contribution in [0.5, 0.6) is 5.75 Å². The van der Waals surface area contributed by atoms with Crippen LogP contribution < -0.4 is 21.0 Å². The van der Waals surface area contributed by atoms with Crippen molar-refractivity contribution in [3.8, 4) is 5.75 Å². The summed E-state index contributed by atoms with van der Waals surface area (Å²) in [5, 5.41) is 5.57.